The Bertz CT molecular complexity index is 548. The zero-order valence-corrected chi connectivity index (χ0v) is 12.7. The minimum Gasteiger partial charge on any atom is -0.360 e. The van der Waals surface area contributed by atoms with Crippen LogP contribution in [0.15, 0.2) is 18.2 Å². The first-order valence-electron chi connectivity index (χ1n) is 5.86. The number of hydrogen-bond donors (Lipinski definition) is 1. The van der Waals surface area contributed by atoms with Gasteiger partial charge in [-0.25, -0.2) is 4.98 Å². The van der Waals surface area contributed by atoms with E-state index in [1.807, 2.05) is 18.2 Å². The van der Waals surface area contributed by atoms with Gasteiger partial charge in [0.25, 0.3) is 0 Å². The molecule has 0 saturated heterocycles. The molecule has 1 heterocycles. The number of rotatable bonds is 4. The number of fused-ring (bicyclic) bond motifs is 1. The molecule has 0 unspecified atom stereocenters. The highest BCUT2D eigenvalue weighted by Crippen LogP contribution is 2.31. The third kappa shape index (κ3) is 2.76. The number of hydrogen-bond acceptors (Lipinski definition) is 4. The van der Waals surface area contributed by atoms with Crippen molar-refractivity contribution in [3.05, 3.63) is 23.2 Å². The van der Waals surface area contributed by atoms with Gasteiger partial charge in [0.15, 0.2) is 5.13 Å². The largest absolute Gasteiger partial charge is 0.360 e. The zero-order chi connectivity index (χ0) is 13.3. The SMILES string of the molecule is CN(C)C(C)(C)CNc1nc2cccc(Cl)c2s1. The van der Waals surface area contributed by atoms with E-state index in [0.717, 1.165) is 26.9 Å². The van der Waals surface area contributed by atoms with E-state index in [1.54, 1.807) is 11.3 Å². The summed E-state index contributed by atoms with van der Waals surface area (Å²) in [5.74, 6) is 0. The Balaban J connectivity index is 2.16. The number of nitrogens with one attached hydrogen (secondary N) is 1. The second-order valence-corrected chi connectivity index (χ2v) is 6.57. The summed E-state index contributed by atoms with van der Waals surface area (Å²) in [4.78, 5) is 6.74. The number of likely N-dealkylation sites (N-methyl/N-ethyl adjacent to an activating group) is 1. The molecule has 0 aliphatic carbocycles. The molecule has 3 nitrogen and oxygen atoms in total. The standard InChI is InChI=1S/C13H18ClN3S/c1-13(2,17(3)4)8-15-12-16-10-7-5-6-9(14)11(10)18-12/h5-7H,8H2,1-4H3,(H,15,16). The van der Waals surface area contributed by atoms with Crippen molar-refractivity contribution in [3.63, 3.8) is 0 Å². The first kappa shape index (κ1) is 13.6. The summed E-state index contributed by atoms with van der Waals surface area (Å²) in [5, 5.41) is 5.08. The number of thiazole rings is 1. The molecule has 2 aromatic rings. The fraction of sp³-hybridized carbons (Fsp3) is 0.462. The van der Waals surface area contributed by atoms with Gasteiger partial charge in [0.05, 0.1) is 15.2 Å². The third-order valence-electron chi connectivity index (χ3n) is 3.25. The number of halogens is 1. The molecule has 0 aliphatic rings. The monoisotopic (exact) mass is 283 g/mol. The van der Waals surface area contributed by atoms with E-state index in [1.165, 1.54) is 0 Å². The molecular formula is C13H18ClN3S. The predicted molar refractivity (Wildman–Crippen MR) is 80.9 cm³/mol. The van der Waals surface area contributed by atoms with Crippen molar-refractivity contribution in [2.75, 3.05) is 26.0 Å². The molecule has 0 saturated carbocycles. The van der Waals surface area contributed by atoms with Gasteiger partial charge >= 0.3 is 0 Å². The van der Waals surface area contributed by atoms with Crippen LogP contribution in [0.5, 0.6) is 0 Å². The summed E-state index contributed by atoms with van der Waals surface area (Å²) in [6, 6.07) is 5.81. The second-order valence-electron chi connectivity index (χ2n) is 5.17. The topological polar surface area (TPSA) is 28.2 Å². The maximum absolute atomic E-state index is 6.15. The van der Waals surface area contributed by atoms with E-state index in [9.17, 15) is 0 Å². The fourth-order valence-corrected chi connectivity index (χ4v) is 2.59. The van der Waals surface area contributed by atoms with E-state index in [4.69, 9.17) is 11.6 Å². The van der Waals surface area contributed by atoms with Crippen LogP contribution in [0, 0.1) is 0 Å². The maximum Gasteiger partial charge on any atom is 0.183 e. The number of aromatic nitrogens is 1. The Labute approximate surface area is 117 Å². The number of anilines is 1. The molecule has 2 rings (SSSR count). The average molecular weight is 284 g/mol. The molecule has 1 aromatic heterocycles. The summed E-state index contributed by atoms with van der Waals surface area (Å²) >= 11 is 7.75. The van der Waals surface area contributed by atoms with Crippen molar-refractivity contribution >= 4 is 38.3 Å². The summed E-state index contributed by atoms with van der Waals surface area (Å²) in [6.07, 6.45) is 0. The Morgan fingerprint density at radius 1 is 1.39 bits per heavy atom. The highest BCUT2D eigenvalue weighted by molar-refractivity contribution is 7.22. The van der Waals surface area contributed by atoms with Crippen molar-refractivity contribution in [2.45, 2.75) is 19.4 Å². The molecule has 18 heavy (non-hydrogen) atoms. The van der Waals surface area contributed by atoms with E-state index in [2.05, 4.69) is 43.1 Å². The van der Waals surface area contributed by atoms with Gasteiger partial charge in [0, 0.05) is 12.1 Å². The molecule has 1 N–H and O–H groups in total. The van der Waals surface area contributed by atoms with Crippen molar-refractivity contribution in [2.24, 2.45) is 0 Å². The lowest BCUT2D eigenvalue weighted by Crippen LogP contribution is -2.44. The molecule has 0 bridgehead atoms. The lowest BCUT2D eigenvalue weighted by atomic mass is 10.1. The van der Waals surface area contributed by atoms with Gasteiger partial charge in [0.2, 0.25) is 0 Å². The first-order valence-corrected chi connectivity index (χ1v) is 7.06. The van der Waals surface area contributed by atoms with Crippen molar-refractivity contribution in [3.8, 4) is 0 Å². The van der Waals surface area contributed by atoms with Crippen molar-refractivity contribution in [1.29, 1.82) is 0 Å². The van der Waals surface area contributed by atoms with Crippen LogP contribution in [0.25, 0.3) is 10.2 Å². The molecule has 5 heteroatoms. The first-order chi connectivity index (χ1) is 8.40. The summed E-state index contributed by atoms with van der Waals surface area (Å²) in [6.45, 7) is 5.23. The molecule has 0 fully saturated rings. The molecule has 0 atom stereocenters. The van der Waals surface area contributed by atoms with Crippen LogP contribution in [0.2, 0.25) is 5.02 Å². The van der Waals surface area contributed by atoms with Crippen molar-refractivity contribution in [1.82, 2.24) is 9.88 Å². The Morgan fingerprint density at radius 3 is 2.72 bits per heavy atom. The van der Waals surface area contributed by atoms with Crippen LogP contribution < -0.4 is 5.32 Å². The fourth-order valence-electron chi connectivity index (χ4n) is 1.44. The maximum atomic E-state index is 6.15. The van der Waals surface area contributed by atoms with Crippen LogP contribution >= 0.6 is 22.9 Å². The van der Waals surface area contributed by atoms with Gasteiger partial charge < -0.3 is 10.2 Å². The van der Waals surface area contributed by atoms with E-state index < -0.39 is 0 Å². The Kier molecular flexibility index (Phi) is 3.80. The molecule has 0 aliphatic heterocycles. The number of nitrogens with zero attached hydrogens (tertiary/aromatic N) is 2. The summed E-state index contributed by atoms with van der Waals surface area (Å²) in [5.41, 5.74) is 1.04. The summed E-state index contributed by atoms with van der Waals surface area (Å²) in [7, 11) is 4.16. The molecule has 0 amide bonds. The molecule has 98 valence electrons. The van der Waals surface area contributed by atoms with E-state index >= 15 is 0 Å². The van der Waals surface area contributed by atoms with Crippen LogP contribution in [-0.4, -0.2) is 36.1 Å². The predicted octanol–water partition coefficient (Wildman–Crippen LogP) is 3.70. The molecule has 0 spiro atoms. The van der Waals surface area contributed by atoms with Gasteiger partial charge in [-0.05, 0) is 40.1 Å². The minimum atomic E-state index is 0.0850. The Morgan fingerprint density at radius 2 is 2.11 bits per heavy atom. The number of benzene rings is 1. The molecular weight excluding hydrogens is 266 g/mol. The second kappa shape index (κ2) is 5.03. The normalized spacial score (nSPS) is 12.3. The van der Waals surface area contributed by atoms with Gasteiger partial charge in [-0.2, -0.15) is 0 Å². The van der Waals surface area contributed by atoms with E-state index in [0.29, 0.717) is 0 Å². The molecule has 1 aromatic carbocycles. The van der Waals surface area contributed by atoms with Gasteiger partial charge in [-0.3, -0.25) is 0 Å². The highest BCUT2D eigenvalue weighted by Gasteiger charge is 2.20. The van der Waals surface area contributed by atoms with Gasteiger partial charge in [0.1, 0.15) is 0 Å². The smallest absolute Gasteiger partial charge is 0.183 e. The quantitative estimate of drug-likeness (QED) is 0.927. The average Bonchev–Trinajstić information content (AvgIpc) is 2.71. The molecule has 0 radical (unpaired) electrons. The summed E-state index contributed by atoms with van der Waals surface area (Å²) < 4.78 is 1.05. The van der Waals surface area contributed by atoms with Crippen LogP contribution in [0.4, 0.5) is 5.13 Å². The van der Waals surface area contributed by atoms with Gasteiger partial charge in [-0.15, -0.1) is 0 Å². The third-order valence-corrected chi connectivity index (χ3v) is 4.74. The van der Waals surface area contributed by atoms with Crippen LogP contribution in [0.3, 0.4) is 0 Å². The Hall–Kier alpha value is -0.840. The van der Waals surface area contributed by atoms with E-state index in [-0.39, 0.29) is 5.54 Å². The zero-order valence-electron chi connectivity index (χ0n) is 11.1. The van der Waals surface area contributed by atoms with Crippen LogP contribution in [0.1, 0.15) is 13.8 Å². The van der Waals surface area contributed by atoms with Crippen LogP contribution in [-0.2, 0) is 0 Å². The highest BCUT2D eigenvalue weighted by atomic mass is 35.5. The van der Waals surface area contributed by atoms with Gasteiger partial charge in [-0.1, -0.05) is 29.0 Å². The lowest BCUT2D eigenvalue weighted by molar-refractivity contribution is 0.210. The van der Waals surface area contributed by atoms with Crippen molar-refractivity contribution < 1.29 is 0 Å². The minimum absolute atomic E-state index is 0.0850. The lowest BCUT2D eigenvalue weighted by Gasteiger charge is -2.32.